The molecule has 4 nitrogen and oxygen atoms in total. The Morgan fingerprint density at radius 3 is 2.90 bits per heavy atom. The second-order valence-corrected chi connectivity index (χ2v) is 5.34. The minimum absolute atomic E-state index is 0.434. The molecule has 1 atom stereocenters. The third kappa shape index (κ3) is 3.26. The second-order valence-electron chi connectivity index (χ2n) is 5.34. The minimum Gasteiger partial charge on any atom is -0.380 e. The third-order valence-electron chi connectivity index (χ3n) is 3.63. The number of aryl methyl sites for hydroxylation is 1. The highest BCUT2D eigenvalue weighted by Gasteiger charge is 2.14. The van der Waals surface area contributed by atoms with Crippen molar-refractivity contribution in [2.75, 3.05) is 13.2 Å². The van der Waals surface area contributed by atoms with E-state index < -0.39 is 0 Å². The Morgan fingerprint density at radius 1 is 1.30 bits per heavy atom. The van der Waals surface area contributed by atoms with Crippen molar-refractivity contribution in [3.05, 3.63) is 41.6 Å². The van der Waals surface area contributed by atoms with Gasteiger partial charge in [-0.3, -0.25) is 0 Å². The molecule has 4 heteroatoms. The highest BCUT2D eigenvalue weighted by molar-refractivity contribution is 5.57. The van der Waals surface area contributed by atoms with Gasteiger partial charge in [-0.2, -0.15) is 0 Å². The van der Waals surface area contributed by atoms with E-state index in [0.29, 0.717) is 6.04 Å². The number of benzene rings is 1. The molecule has 0 saturated carbocycles. The van der Waals surface area contributed by atoms with E-state index in [1.807, 2.05) is 6.07 Å². The van der Waals surface area contributed by atoms with Crippen LogP contribution in [0.5, 0.6) is 0 Å². The first-order valence-electron chi connectivity index (χ1n) is 7.15. The fraction of sp³-hybridized carbons (Fsp3) is 0.438. The quantitative estimate of drug-likeness (QED) is 0.929. The van der Waals surface area contributed by atoms with Crippen LogP contribution in [0.4, 0.5) is 0 Å². The molecule has 106 valence electrons. The lowest BCUT2D eigenvalue weighted by Gasteiger charge is -2.22. The molecule has 1 aromatic carbocycles. The van der Waals surface area contributed by atoms with Crippen molar-refractivity contribution in [2.45, 2.75) is 32.4 Å². The summed E-state index contributed by atoms with van der Waals surface area (Å²) in [5.41, 5.74) is 3.24. The molecule has 2 heterocycles. The van der Waals surface area contributed by atoms with Crippen molar-refractivity contribution in [2.24, 2.45) is 0 Å². The lowest BCUT2D eigenvalue weighted by Crippen LogP contribution is -2.36. The largest absolute Gasteiger partial charge is 0.380 e. The van der Waals surface area contributed by atoms with Gasteiger partial charge in [0.05, 0.1) is 12.3 Å². The molecule has 0 aliphatic carbocycles. The first kappa shape index (κ1) is 13.3. The monoisotopic (exact) mass is 272 g/mol. The van der Waals surface area contributed by atoms with Gasteiger partial charge >= 0.3 is 0 Å². The SMILES string of the molecule is Cc1ccc(-c2cc(CNC3CCCOC3)no2)cc1. The van der Waals surface area contributed by atoms with Crippen LogP contribution in [0.3, 0.4) is 0 Å². The van der Waals surface area contributed by atoms with E-state index in [0.717, 1.165) is 43.2 Å². The van der Waals surface area contributed by atoms with Crippen molar-refractivity contribution in [3.8, 4) is 11.3 Å². The molecule has 0 amide bonds. The maximum atomic E-state index is 5.45. The zero-order chi connectivity index (χ0) is 13.8. The van der Waals surface area contributed by atoms with Gasteiger partial charge < -0.3 is 14.6 Å². The Kier molecular flexibility index (Phi) is 4.14. The number of hydrogen-bond donors (Lipinski definition) is 1. The van der Waals surface area contributed by atoms with Crippen molar-refractivity contribution < 1.29 is 9.26 Å². The van der Waals surface area contributed by atoms with Crippen LogP contribution in [-0.2, 0) is 11.3 Å². The smallest absolute Gasteiger partial charge is 0.167 e. The van der Waals surface area contributed by atoms with Crippen LogP contribution in [0.15, 0.2) is 34.9 Å². The molecule has 3 rings (SSSR count). The molecule has 1 aliphatic rings. The van der Waals surface area contributed by atoms with Crippen molar-refractivity contribution >= 4 is 0 Å². The number of nitrogens with one attached hydrogen (secondary N) is 1. The fourth-order valence-electron chi connectivity index (χ4n) is 2.40. The van der Waals surface area contributed by atoms with Crippen molar-refractivity contribution in [1.82, 2.24) is 10.5 Å². The number of aromatic nitrogens is 1. The normalized spacial score (nSPS) is 19.1. The Balaban J connectivity index is 1.60. The molecule has 0 radical (unpaired) electrons. The molecule has 1 aromatic heterocycles. The van der Waals surface area contributed by atoms with Crippen LogP contribution < -0.4 is 5.32 Å². The maximum absolute atomic E-state index is 5.45. The minimum atomic E-state index is 0.434. The lowest BCUT2D eigenvalue weighted by atomic mass is 10.1. The van der Waals surface area contributed by atoms with Crippen LogP contribution in [0.2, 0.25) is 0 Å². The highest BCUT2D eigenvalue weighted by Crippen LogP contribution is 2.20. The molecule has 0 bridgehead atoms. The van der Waals surface area contributed by atoms with Gasteiger partial charge in [0, 0.05) is 30.8 Å². The van der Waals surface area contributed by atoms with E-state index in [1.54, 1.807) is 0 Å². The topological polar surface area (TPSA) is 47.3 Å². The first-order chi connectivity index (χ1) is 9.81. The Labute approximate surface area is 119 Å². The molecule has 1 aliphatic heterocycles. The Bertz CT molecular complexity index is 542. The molecule has 2 aromatic rings. The molecule has 1 fully saturated rings. The molecule has 1 N–H and O–H groups in total. The van der Waals surface area contributed by atoms with Gasteiger partial charge in [0.1, 0.15) is 0 Å². The van der Waals surface area contributed by atoms with Crippen LogP contribution in [-0.4, -0.2) is 24.4 Å². The molecule has 0 spiro atoms. The molecule has 1 unspecified atom stereocenters. The summed E-state index contributed by atoms with van der Waals surface area (Å²) in [5, 5.41) is 7.59. The molecular formula is C16H20N2O2. The average molecular weight is 272 g/mol. The standard InChI is InChI=1S/C16H20N2O2/c1-12-4-6-13(7-5-12)16-9-15(18-20-16)10-17-14-3-2-8-19-11-14/h4-7,9,14,17H,2-3,8,10-11H2,1H3. The molecular weight excluding hydrogens is 252 g/mol. The first-order valence-corrected chi connectivity index (χ1v) is 7.15. The zero-order valence-corrected chi connectivity index (χ0v) is 11.8. The van der Waals surface area contributed by atoms with Gasteiger partial charge in [-0.1, -0.05) is 35.0 Å². The Morgan fingerprint density at radius 2 is 2.15 bits per heavy atom. The lowest BCUT2D eigenvalue weighted by molar-refractivity contribution is 0.0697. The molecule has 1 saturated heterocycles. The summed E-state index contributed by atoms with van der Waals surface area (Å²) in [6, 6.07) is 10.7. The van der Waals surface area contributed by atoms with Gasteiger partial charge in [0.2, 0.25) is 0 Å². The second kappa shape index (κ2) is 6.20. The molecule has 20 heavy (non-hydrogen) atoms. The number of ether oxygens (including phenoxy) is 1. The number of hydrogen-bond acceptors (Lipinski definition) is 4. The van der Waals surface area contributed by atoms with Gasteiger partial charge in [-0.25, -0.2) is 0 Å². The van der Waals surface area contributed by atoms with E-state index in [-0.39, 0.29) is 0 Å². The summed E-state index contributed by atoms with van der Waals surface area (Å²) in [6.45, 7) is 4.48. The van der Waals surface area contributed by atoms with E-state index in [4.69, 9.17) is 9.26 Å². The van der Waals surface area contributed by atoms with Crippen molar-refractivity contribution in [1.29, 1.82) is 0 Å². The predicted octanol–water partition coefficient (Wildman–Crippen LogP) is 2.92. The van der Waals surface area contributed by atoms with Gasteiger partial charge in [0.25, 0.3) is 0 Å². The van der Waals surface area contributed by atoms with E-state index >= 15 is 0 Å². The van der Waals surface area contributed by atoms with Gasteiger partial charge in [0.15, 0.2) is 5.76 Å². The third-order valence-corrected chi connectivity index (χ3v) is 3.63. The average Bonchev–Trinajstić information content (AvgIpc) is 2.96. The van der Waals surface area contributed by atoms with E-state index in [1.165, 1.54) is 12.0 Å². The Hall–Kier alpha value is -1.65. The van der Waals surface area contributed by atoms with Gasteiger partial charge in [-0.15, -0.1) is 0 Å². The predicted molar refractivity (Wildman–Crippen MR) is 77.4 cm³/mol. The van der Waals surface area contributed by atoms with Crippen LogP contribution in [0.1, 0.15) is 24.1 Å². The van der Waals surface area contributed by atoms with Crippen molar-refractivity contribution in [3.63, 3.8) is 0 Å². The summed E-state index contributed by atoms with van der Waals surface area (Å²) in [6.07, 6.45) is 2.30. The van der Waals surface area contributed by atoms with Crippen LogP contribution >= 0.6 is 0 Å². The fourth-order valence-corrected chi connectivity index (χ4v) is 2.40. The zero-order valence-electron chi connectivity index (χ0n) is 11.8. The summed E-state index contributed by atoms with van der Waals surface area (Å²) >= 11 is 0. The van der Waals surface area contributed by atoms with E-state index in [2.05, 4.69) is 41.7 Å². The number of nitrogens with zero attached hydrogens (tertiary/aromatic N) is 1. The summed E-state index contributed by atoms with van der Waals surface area (Å²) in [7, 11) is 0. The summed E-state index contributed by atoms with van der Waals surface area (Å²) in [4.78, 5) is 0. The van der Waals surface area contributed by atoms with Gasteiger partial charge in [-0.05, 0) is 19.8 Å². The summed E-state index contributed by atoms with van der Waals surface area (Å²) < 4.78 is 10.9. The summed E-state index contributed by atoms with van der Waals surface area (Å²) in [5.74, 6) is 0.821. The van der Waals surface area contributed by atoms with Crippen LogP contribution in [0, 0.1) is 6.92 Å². The highest BCUT2D eigenvalue weighted by atomic mass is 16.5. The maximum Gasteiger partial charge on any atom is 0.167 e. The van der Waals surface area contributed by atoms with Crippen LogP contribution in [0.25, 0.3) is 11.3 Å². The number of rotatable bonds is 4. The van der Waals surface area contributed by atoms with E-state index in [9.17, 15) is 0 Å².